The van der Waals surface area contributed by atoms with Gasteiger partial charge in [-0.15, -0.1) is 0 Å². The first-order chi connectivity index (χ1) is 8.45. The first-order valence-electron chi connectivity index (χ1n) is 6.73. The molecule has 1 saturated heterocycles. The summed E-state index contributed by atoms with van der Waals surface area (Å²) in [7, 11) is 0. The maximum atomic E-state index is 5.92. The summed E-state index contributed by atoms with van der Waals surface area (Å²) in [6.45, 7) is 0. The Balaban J connectivity index is 1.75. The Morgan fingerprint density at radius 2 is 2.29 bits per heavy atom. The minimum Gasteiger partial charge on any atom is -0.498 e. The van der Waals surface area contributed by atoms with Gasteiger partial charge in [0.1, 0.15) is 6.10 Å². The molecule has 0 N–H and O–H groups in total. The van der Waals surface area contributed by atoms with Crippen molar-refractivity contribution in [2.45, 2.75) is 43.9 Å². The van der Waals surface area contributed by atoms with Crippen LogP contribution in [-0.2, 0) is 4.74 Å². The van der Waals surface area contributed by atoms with E-state index >= 15 is 0 Å². The lowest BCUT2D eigenvalue weighted by atomic mass is 9.75. The van der Waals surface area contributed by atoms with E-state index in [9.17, 15) is 0 Å². The van der Waals surface area contributed by atoms with Gasteiger partial charge in [0.05, 0.1) is 12.3 Å². The van der Waals surface area contributed by atoms with Gasteiger partial charge in [0, 0.05) is 30.6 Å². The number of hydrogen-bond donors (Lipinski definition) is 0. The lowest BCUT2D eigenvalue weighted by Crippen LogP contribution is -2.40. The monoisotopic (exact) mass is 230 g/mol. The van der Waals surface area contributed by atoms with Crippen LogP contribution in [0, 0.1) is 11.8 Å². The van der Waals surface area contributed by atoms with Gasteiger partial charge in [-0.3, -0.25) is 4.99 Å². The molecule has 4 aliphatic rings. The number of allylic oxidation sites excluding steroid dienone is 1. The molecule has 3 heterocycles. The van der Waals surface area contributed by atoms with Crippen LogP contribution in [0.25, 0.3) is 0 Å². The van der Waals surface area contributed by atoms with Gasteiger partial charge in [-0.25, -0.2) is 0 Å². The van der Waals surface area contributed by atoms with Crippen molar-refractivity contribution in [2.75, 3.05) is 0 Å². The van der Waals surface area contributed by atoms with E-state index in [0.717, 1.165) is 6.42 Å². The van der Waals surface area contributed by atoms with Gasteiger partial charge < -0.3 is 9.64 Å². The van der Waals surface area contributed by atoms with Crippen LogP contribution < -0.4 is 0 Å². The molecule has 0 amide bonds. The van der Waals surface area contributed by atoms with Crippen molar-refractivity contribution in [1.82, 2.24) is 4.90 Å². The Labute approximate surface area is 102 Å². The molecule has 0 radical (unpaired) electrons. The van der Waals surface area contributed by atoms with Gasteiger partial charge >= 0.3 is 0 Å². The molecule has 5 atom stereocenters. The van der Waals surface area contributed by atoms with Crippen LogP contribution in [0.5, 0.6) is 0 Å². The van der Waals surface area contributed by atoms with Gasteiger partial charge in [-0.2, -0.15) is 0 Å². The largest absolute Gasteiger partial charge is 0.498 e. The van der Waals surface area contributed by atoms with Crippen LogP contribution >= 0.6 is 0 Å². The molecule has 0 bridgehead atoms. The van der Waals surface area contributed by atoms with Crippen LogP contribution in [0.3, 0.4) is 0 Å². The van der Waals surface area contributed by atoms with Crippen LogP contribution in [0.1, 0.15) is 25.7 Å². The standard InChI is InChI=1S/C14H18N2O/c1-4-11-14-10(3-2-8-17-13(14)5-1)12-9-15-6-7-16(11)12/h2,6-14H,1,3-5H2. The highest BCUT2D eigenvalue weighted by Gasteiger charge is 2.52. The number of aliphatic imine (C=N–C) groups is 1. The maximum Gasteiger partial charge on any atom is 0.103 e. The van der Waals surface area contributed by atoms with Crippen LogP contribution in [-0.4, -0.2) is 29.3 Å². The van der Waals surface area contributed by atoms with Crippen LogP contribution in [0.2, 0.25) is 0 Å². The SMILES string of the molecule is C1=COC2CCCC3C2C(C1)C1C=NC=CN13. The highest BCUT2D eigenvalue weighted by Crippen LogP contribution is 2.47. The van der Waals surface area contributed by atoms with E-state index in [0.29, 0.717) is 30.0 Å². The van der Waals surface area contributed by atoms with E-state index in [-0.39, 0.29) is 0 Å². The van der Waals surface area contributed by atoms with Gasteiger partial charge in [0.15, 0.2) is 0 Å². The summed E-state index contributed by atoms with van der Waals surface area (Å²) in [5.74, 6) is 1.38. The second-order valence-corrected chi connectivity index (χ2v) is 5.56. The molecule has 1 saturated carbocycles. The fourth-order valence-corrected chi connectivity index (χ4v) is 4.21. The third kappa shape index (κ3) is 1.31. The summed E-state index contributed by atoms with van der Waals surface area (Å²) in [6.07, 6.45) is 15.8. The van der Waals surface area contributed by atoms with Crippen molar-refractivity contribution in [3.05, 3.63) is 24.7 Å². The zero-order valence-electron chi connectivity index (χ0n) is 9.90. The minimum absolute atomic E-state index is 0.435. The summed E-state index contributed by atoms with van der Waals surface area (Å²) in [5.41, 5.74) is 0. The molecule has 5 unspecified atom stereocenters. The summed E-state index contributed by atoms with van der Waals surface area (Å²) >= 11 is 0. The van der Waals surface area contributed by atoms with Gasteiger partial charge in [-0.05, 0) is 37.7 Å². The van der Waals surface area contributed by atoms with Gasteiger partial charge in [0.2, 0.25) is 0 Å². The zero-order valence-corrected chi connectivity index (χ0v) is 9.90. The molecular weight excluding hydrogens is 212 g/mol. The topological polar surface area (TPSA) is 24.8 Å². The average molecular weight is 230 g/mol. The summed E-state index contributed by atoms with van der Waals surface area (Å²) in [6, 6.07) is 1.17. The molecule has 3 heteroatoms. The van der Waals surface area contributed by atoms with Gasteiger partial charge in [-0.1, -0.05) is 0 Å². The third-order valence-corrected chi connectivity index (χ3v) is 4.84. The lowest BCUT2D eigenvalue weighted by molar-refractivity contribution is 0.0275. The molecule has 1 aliphatic carbocycles. The Hall–Kier alpha value is -1.25. The minimum atomic E-state index is 0.435. The zero-order chi connectivity index (χ0) is 11.2. The van der Waals surface area contributed by atoms with Crippen molar-refractivity contribution in [2.24, 2.45) is 16.8 Å². The Morgan fingerprint density at radius 1 is 1.29 bits per heavy atom. The first kappa shape index (κ1) is 9.75. The van der Waals surface area contributed by atoms with Crippen LogP contribution in [0.4, 0.5) is 0 Å². The number of nitrogens with zero attached hydrogens (tertiary/aromatic N) is 2. The molecule has 0 aromatic carbocycles. The maximum absolute atomic E-state index is 5.92. The highest BCUT2D eigenvalue weighted by atomic mass is 16.5. The van der Waals surface area contributed by atoms with Crippen molar-refractivity contribution < 1.29 is 4.74 Å². The average Bonchev–Trinajstić information content (AvgIpc) is 2.56. The lowest BCUT2D eigenvalue weighted by Gasteiger charge is -2.36. The molecule has 17 heavy (non-hydrogen) atoms. The van der Waals surface area contributed by atoms with E-state index in [4.69, 9.17) is 4.74 Å². The molecule has 3 nitrogen and oxygen atoms in total. The van der Waals surface area contributed by atoms with E-state index in [1.54, 1.807) is 0 Å². The summed E-state index contributed by atoms with van der Waals surface area (Å²) in [5, 5.41) is 0. The molecule has 90 valence electrons. The Kier molecular flexibility index (Phi) is 2.08. The van der Waals surface area contributed by atoms with E-state index < -0.39 is 0 Å². The Morgan fingerprint density at radius 3 is 3.29 bits per heavy atom. The predicted molar refractivity (Wildman–Crippen MR) is 66.5 cm³/mol. The number of rotatable bonds is 0. The number of ether oxygens (including phenoxy) is 1. The summed E-state index contributed by atoms with van der Waals surface area (Å²) < 4.78 is 5.92. The second kappa shape index (κ2) is 3.62. The molecule has 0 spiro atoms. The predicted octanol–water partition coefficient (Wildman–Crippen LogP) is 2.31. The molecule has 0 aromatic rings. The molecular formula is C14H18N2O. The fraction of sp³-hybridized carbons (Fsp3) is 0.643. The number of fused-ring (bicyclic) bond motifs is 3. The van der Waals surface area contributed by atoms with E-state index in [2.05, 4.69) is 28.4 Å². The summed E-state index contributed by atoms with van der Waals surface area (Å²) in [4.78, 5) is 6.88. The van der Waals surface area contributed by atoms with Crippen molar-refractivity contribution in [3.63, 3.8) is 0 Å². The quantitative estimate of drug-likeness (QED) is 0.638. The van der Waals surface area contributed by atoms with E-state index in [1.165, 1.54) is 19.3 Å². The van der Waals surface area contributed by atoms with Crippen molar-refractivity contribution >= 4 is 6.21 Å². The van der Waals surface area contributed by atoms with Crippen molar-refractivity contribution in [3.8, 4) is 0 Å². The molecule has 4 rings (SSSR count). The third-order valence-electron chi connectivity index (χ3n) is 4.84. The number of hydrogen-bond acceptors (Lipinski definition) is 3. The Bertz CT molecular complexity index is 401. The smallest absolute Gasteiger partial charge is 0.103 e. The molecule has 2 fully saturated rings. The first-order valence-corrected chi connectivity index (χ1v) is 6.73. The molecule has 0 aromatic heterocycles. The highest BCUT2D eigenvalue weighted by molar-refractivity contribution is 5.68. The van der Waals surface area contributed by atoms with Crippen LogP contribution in [0.15, 0.2) is 29.7 Å². The fourth-order valence-electron chi connectivity index (χ4n) is 4.21. The van der Waals surface area contributed by atoms with Crippen molar-refractivity contribution in [1.29, 1.82) is 0 Å². The normalized spacial score (nSPS) is 46.1. The van der Waals surface area contributed by atoms with Gasteiger partial charge in [0.25, 0.3) is 0 Å². The van der Waals surface area contributed by atoms with E-state index in [1.807, 2.05) is 12.5 Å². The molecule has 3 aliphatic heterocycles. The second-order valence-electron chi connectivity index (χ2n) is 5.56.